The van der Waals surface area contributed by atoms with E-state index < -0.39 is 0 Å². The van der Waals surface area contributed by atoms with Gasteiger partial charge in [-0.15, -0.1) is 0 Å². The molecule has 1 aliphatic carbocycles. The highest BCUT2D eigenvalue weighted by atomic mass is 79.9. The van der Waals surface area contributed by atoms with Crippen LogP contribution >= 0.6 is 15.9 Å². The zero-order chi connectivity index (χ0) is 12.7. The third-order valence-electron chi connectivity index (χ3n) is 3.40. The van der Waals surface area contributed by atoms with Crippen LogP contribution in [0.4, 0.5) is 0 Å². The lowest BCUT2D eigenvalue weighted by Crippen LogP contribution is -2.01. The van der Waals surface area contributed by atoms with Gasteiger partial charge >= 0.3 is 5.97 Å². The zero-order valence-corrected chi connectivity index (χ0v) is 11.7. The monoisotopic (exact) mass is 307 g/mol. The molecule has 94 valence electrons. The highest BCUT2D eigenvalue weighted by molar-refractivity contribution is 9.10. The topological polar surface area (TPSA) is 31.2 Å². The second-order valence-electron chi connectivity index (χ2n) is 4.79. The summed E-state index contributed by atoms with van der Waals surface area (Å²) in [6.07, 6.45) is 4.51. The fraction of sp³-hybridized carbons (Fsp3) is 0.357. The van der Waals surface area contributed by atoms with E-state index >= 15 is 0 Å². The van der Waals surface area contributed by atoms with E-state index in [1.54, 1.807) is 0 Å². The second-order valence-corrected chi connectivity index (χ2v) is 5.71. The number of fused-ring (bicyclic) bond motifs is 1. The van der Waals surface area contributed by atoms with Gasteiger partial charge in [0.25, 0.3) is 0 Å². The van der Waals surface area contributed by atoms with E-state index in [1.165, 1.54) is 20.0 Å². The normalized spacial score (nSPS) is 15.0. The lowest BCUT2D eigenvalue weighted by atomic mass is 10.2. The summed E-state index contributed by atoms with van der Waals surface area (Å²) in [4.78, 5) is 11.8. The van der Waals surface area contributed by atoms with E-state index in [0.717, 1.165) is 27.8 Å². The van der Waals surface area contributed by atoms with E-state index in [0.29, 0.717) is 5.56 Å². The van der Waals surface area contributed by atoms with Crippen LogP contribution < -0.4 is 0 Å². The number of aromatic nitrogens is 1. The first kappa shape index (κ1) is 11.8. The van der Waals surface area contributed by atoms with E-state index in [-0.39, 0.29) is 5.97 Å². The van der Waals surface area contributed by atoms with Crippen LogP contribution in [-0.4, -0.2) is 17.6 Å². The van der Waals surface area contributed by atoms with Gasteiger partial charge in [0.15, 0.2) is 0 Å². The lowest BCUT2D eigenvalue weighted by molar-refractivity contribution is 0.0602. The van der Waals surface area contributed by atoms with Gasteiger partial charge in [-0.3, -0.25) is 0 Å². The van der Waals surface area contributed by atoms with Crippen molar-refractivity contribution in [2.24, 2.45) is 5.92 Å². The molecule has 0 amide bonds. The van der Waals surface area contributed by atoms with Crippen molar-refractivity contribution in [1.29, 1.82) is 0 Å². The Balaban J connectivity index is 2.14. The number of methoxy groups -OCH3 is 1. The number of ether oxygens (including phenoxy) is 1. The van der Waals surface area contributed by atoms with E-state index in [2.05, 4.69) is 20.5 Å². The number of hydrogen-bond donors (Lipinski definition) is 0. The molecule has 1 aromatic heterocycles. The molecule has 2 aromatic rings. The van der Waals surface area contributed by atoms with Crippen LogP contribution in [0.1, 0.15) is 23.2 Å². The Labute approximate surface area is 114 Å². The molecule has 0 bridgehead atoms. The summed E-state index contributed by atoms with van der Waals surface area (Å²) >= 11 is 3.45. The number of carbonyl (C=O) groups excluding carboxylic acids is 1. The minimum absolute atomic E-state index is 0.271. The number of halogens is 1. The standard InChI is InChI=1S/C14H14BrNO2/c1-18-14(17)12-8-16(7-9-2-3-9)13-5-4-10(15)6-11(12)13/h4-6,8-9H,2-3,7H2,1H3. The molecule has 1 fully saturated rings. The summed E-state index contributed by atoms with van der Waals surface area (Å²) in [6, 6.07) is 6.03. The first-order valence-electron chi connectivity index (χ1n) is 6.05. The minimum atomic E-state index is -0.271. The minimum Gasteiger partial charge on any atom is -0.465 e. The second kappa shape index (κ2) is 4.43. The number of benzene rings is 1. The van der Waals surface area contributed by atoms with Crippen LogP contribution in [0.5, 0.6) is 0 Å². The van der Waals surface area contributed by atoms with Crippen molar-refractivity contribution in [1.82, 2.24) is 4.57 Å². The summed E-state index contributed by atoms with van der Waals surface area (Å²) in [6.45, 7) is 0.995. The largest absolute Gasteiger partial charge is 0.465 e. The van der Waals surface area contributed by atoms with Gasteiger partial charge in [-0.25, -0.2) is 4.79 Å². The first-order chi connectivity index (χ1) is 8.69. The quantitative estimate of drug-likeness (QED) is 0.811. The average Bonchev–Trinajstić information content (AvgIpc) is 3.11. The third-order valence-corrected chi connectivity index (χ3v) is 3.89. The van der Waals surface area contributed by atoms with Gasteiger partial charge in [-0.2, -0.15) is 0 Å². The maximum Gasteiger partial charge on any atom is 0.340 e. The summed E-state index contributed by atoms with van der Waals surface area (Å²) in [5.41, 5.74) is 1.75. The van der Waals surface area contributed by atoms with Crippen molar-refractivity contribution in [3.8, 4) is 0 Å². The predicted molar refractivity (Wildman–Crippen MR) is 73.7 cm³/mol. The van der Waals surface area contributed by atoms with Gasteiger partial charge in [0.2, 0.25) is 0 Å². The molecule has 18 heavy (non-hydrogen) atoms. The van der Waals surface area contributed by atoms with Gasteiger partial charge in [0, 0.05) is 28.1 Å². The number of carbonyl (C=O) groups is 1. The van der Waals surface area contributed by atoms with Crippen LogP contribution in [0.3, 0.4) is 0 Å². The van der Waals surface area contributed by atoms with Crippen LogP contribution in [0, 0.1) is 5.92 Å². The van der Waals surface area contributed by atoms with Crippen LogP contribution in [0.25, 0.3) is 10.9 Å². The van der Waals surface area contributed by atoms with Crippen molar-refractivity contribution >= 4 is 32.8 Å². The van der Waals surface area contributed by atoms with Gasteiger partial charge in [0.1, 0.15) is 0 Å². The molecule has 0 aliphatic heterocycles. The highest BCUT2D eigenvalue weighted by Crippen LogP contribution is 2.33. The molecule has 1 saturated carbocycles. The van der Waals surface area contributed by atoms with Crippen molar-refractivity contribution in [3.63, 3.8) is 0 Å². The highest BCUT2D eigenvalue weighted by Gasteiger charge is 2.24. The van der Waals surface area contributed by atoms with Gasteiger partial charge in [0.05, 0.1) is 12.7 Å². The SMILES string of the molecule is COC(=O)c1cn(CC2CC2)c2ccc(Br)cc12. The molecule has 0 saturated heterocycles. The van der Waals surface area contributed by atoms with Crippen molar-refractivity contribution in [3.05, 3.63) is 34.4 Å². The number of rotatable bonds is 3. The molecule has 3 rings (SSSR count). The van der Waals surface area contributed by atoms with Crippen molar-refractivity contribution in [2.45, 2.75) is 19.4 Å². The Hall–Kier alpha value is -1.29. The summed E-state index contributed by atoms with van der Waals surface area (Å²) < 4.78 is 8.00. The predicted octanol–water partition coefficient (Wildman–Crippen LogP) is 3.60. The van der Waals surface area contributed by atoms with Crippen molar-refractivity contribution in [2.75, 3.05) is 7.11 Å². The molecule has 0 atom stereocenters. The molecule has 1 aromatic carbocycles. The Bertz CT molecular complexity index is 614. The number of esters is 1. The molecule has 3 nitrogen and oxygen atoms in total. The Kier molecular flexibility index (Phi) is 2.90. The van der Waals surface area contributed by atoms with Gasteiger partial charge in [-0.1, -0.05) is 15.9 Å². The Morgan fingerprint density at radius 2 is 2.28 bits per heavy atom. The molecule has 0 radical (unpaired) electrons. The van der Waals surface area contributed by atoms with Gasteiger partial charge in [-0.05, 0) is 37.0 Å². The molecule has 0 unspecified atom stereocenters. The number of nitrogens with zero attached hydrogens (tertiary/aromatic N) is 1. The molecule has 0 spiro atoms. The molecular weight excluding hydrogens is 294 g/mol. The van der Waals surface area contributed by atoms with E-state index in [1.807, 2.05) is 24.4 Å². The maximum absolute atomic E-state index is 11.8. The van der Waals surface area contributed by atoms with Crippen LogP contribution in [-0.2, 0) is 11.3 Å². The first-order valence-corrected chi connectivity index (χ1v) is 6.85. The molecule has 0 N–H and O–H groups in total. The summed E-state index contributed by atoms with van der Waals surface area (Å²) in [5, 5.41) is 0.955. The fourth-order valence-corrected chi connectivity index (χ4v) is 2.63. The molecule has 1 heterocycles. The summed E-state index contributed by atoms with van der Waals surface area (Å²) in [7, 11) is 1.42. The van der Waals surface area contributed by atoms with Crippen LogP contribution in [0.2, 0.25) is 0 Å². The molecule has 4 heteroatoms. The van der Waals surface area contributed by atoms with Crippen molar-refractivity contribution < 1.29 is 9.53 Å². The zero-order valence-electron chi connectivity index (χ0n) is 10.1. The number of hydrogen-bond acceptors (Lipinski definition) is 2. The maximum atomic E-state index is 11.8. The fourth-order valence-electron chi connectivity index (χ4n) is 2.27. The lowest BCUT2D eigenvalue weighted by Gasteiger charge is -2.03. The molecule has 1 aliphatic rings. The molecular formula is C14H14BrNO2. The smallest absolute Gasteiger partial charge is 0.340 e. The summed E-state index contributed by atoms with van der Waals surface area (Å²) in [5.74, 6) is 0.502. The van der Waals surface area contributed by atoms with Gasteiger partial charge < -0.3 is 9.30 Å². The Morgan fingerprint density at radius 1 is 1.50 bits per heavy atom. The van der Waals surface area contributed by atoms with Crippen LogP contribution in [0.15, 0.2) is 28.9 Å². The van der Waals surface area contributed by atoms with E-state index in [4.69, 9.17) is 4.74 Å². The third kappa shape index (κ3) is 2.05. The average molecular weight is 308 g/mol. The van der Waals surface area contributed by atoms with E-state index in [9.17, 15) is 4.79 Å². The Morgan fingerprint density at radius 3 is 2.94 bits per heavy atom.